The maximum absolute atomic E-state index is 12.2. The van der Waals surface area contributed by atoms with E-state index in [2.05, 4.69) is 4.74 Å². The van der Waals surface area contributed by atoms with Crippen LogP contribution in [0, 0.1) is 0 Å². The van der Waals surface area contributed by atoms with E-state index < -0.39 is 24.6 Å². The smallest absolute Gasteiger partial charge is 0.364 e. The molecule has 80 valence electrons. The van der Waals surface area contributed by atoms with Crippen molar-refractivity contribution < 1.29 is 26.7 Å². The number of halogens is 5. The fraction of sp³-hybridized carbons (Fsp3) is 1.00. The summed E-state index contributed by atoms with van der Waals surface area (Å²) in [6.45, 7) is 1.39. The van der Waals surface area contributed by atoms with Crippen molar-refractivity contribution >= 4 is 0 Å². The van der Waals surface area contributed by atoms with Crippen LogP contribution < -0.4 is 0 Å². The highest BCUT2D eigenvalue weighted by Crippen LogP contribution is 2.41. The summed E-state index contributed by atoms with van der Waals surface area (Å²) in [7, 11) is 0.648. The van der Waals surface area contributed by atoms with Gasteiger partial charge in [-0.05, 0) is 6.42 Å². The molecule has 0 aromatic heterocycles. The molecule has 0 N–H and O–H groups in total. The molecule has 0 aliphatic rings. The Morgan fingerprint density at radius 1 is 1.23 bits per heavy atom. The lowest BCUT2D eigenvalue weighted by molar-refractivity contribution is -0.309. The zero-order valence-electron chi connectivity index (χ0n) is 7.29. The van der Waals surface area contributed by atoms with Crippen LogP contribution in [0.5, 0.6) is 0 Å². The largest absolute Gasteiger partial charge is 0.423 e. The summed E-state index contributed by atoms with van der Waals surface area (Å²) >= 11 is 0. The van der Waals surface area contributed by atoms with Gasteiger partial charge in [-0.15, -0.1) is 0 Å². The third kappa shape index (κ3) is 2.30. The molecule has 0 amide bonds. The number of ether oxygens (including phenoxy) is 1. The highest BCUT2D eigenvalue weighted by Gasteiger charge is 2.61. The van der Waals surface area contributed by atoms with Crippen LogP contribution in [0.15, 0.2) is 0 Å². The zero-order valence-corrected chi connectivity index (χ0v) is 7.29. The van der Waals surface area contributed by atoms with Gasteiger partial charge in [-0.2, -0.15) is 13.2 Å². The van der Waals surface area contributed by atoms with Crippen molar-refractivity contribution in [2.24, 2.45) is 0 Å². The Hall–Kier alpha value is -0.390. The van der Waals surface area contributed by atoms with Gasteiger partial charge in [-0.25, -0.2) is 8.78 Å². The van der Waals surface area contributed by atoms with Crippen LogP contribution in [-0.4, -0.2) is 25.3 Å². The quantitative estimate of drug-likeness (QED) is 0.642. The fourth-order valence-electron chi connectivity index (χ4n) is 1.05. The van der Waals surface area contributed by atoms with E-state index in [-0.39, 0.29) is 6.42 Å². The van der Waals surface area contributed by atoms with Gasteiger partial charge in [-0.3, -0.25) is 0 Å². The highest BCUT2D eigenvalue weighted by molar-refractivity contribution is 4.90. The second kappa shape index (κ2) is 4.21. The van der Waals surface area contributed by atoms with Crippen molar-refractivity contribution in [3.63, 3.8) is 0 Å². The average Bonchev–Trinajstić information content (AvgIpc) is 1.96. The molecular weight excluding hydrogens is 195 g/mol. The monoisotopic (exact) mass is 206 g/mol. The van der Waals surface area contributed by atoms with Crippen molar-refractivity contribution in [3.8, 4) is 0 Å². The van der Waals surface area contributed by atoms with Gasteiger partial charge in [0.05, 0.1) is 0 Å². The van der Waals surface area contributed by atoms with Crippen LogP contribution >= 0.6 is 0 Å². The summed E-state index contributed by atoms with van der Waals surface area (Å²) in [6.07, 6.45) is -9.34. The van der Waals surface area contributed by atoms with E-state index in [4.69, 9.17) is 0 Å². The Bertz CT molecular complexity index is 155. The van der Waals surface area contributed by atoms with Crippen molar-refractivity contribution in [3.05, 3.63) is 0 Å². The zero-order chi connectivity index (χ0) is 10.7. The SMILES string of the molecule is CCCC(OC)(C(F)F)C(F)(F)F. The second-order valence-electron chi connectivity index (χ2n) is 2.64. The number of rotatable bonds is 4. The topological polar surface area (TPSA) is 9.23 Å². The molecule has 1 nitrogen and oxygen atoms in total. The van der Waals surface area contributed by atoms with Gasteiger partial charge >= 0.3 is 6.18 Å². The number of methoxy groups -OCH3 is 1. The summed E-state index contributed by atoms with van der Waals surface area (Å²) in [5, 5.41) is 0. The first-order chi connectivity index (χ1) is 5.81. The molecule has 0 spiro atoms. The molecule has 13 heavy (non-hydrogen) atoms. The van der Waals surface area contributed by atoms with Gasteiger partial charge in [0, 0.05) is 7.11 Å². The Balaban J connectivity index is 4.87. The van der Waals surface area contributed by atoms with Crippen LogP contribution in [0.25, 0.3) is 0 Å². The van der Waals surface area contributed by atoms with Crippen LogP contribution in [0.4, 0.5) is 22.0 Å². The molecule has 0 bridgehead atoms. The second-order valence-corrected chi connectivity index (χ2v) is 2.64. The lowest BCUT2D eigenvalue weighted by Crippen LogP contribution is -2.52. The summed E-state index contributed by atoms with van der Waals surface area (Å²) in [5.41, 5.74) is -3.30. The third-order valence-corrected chi connectivity index (χ3v) is 1.82. The number of hydrogen-bond acceptors (Lipinski definition) is 1. The van der Waals surface area contributed by atoms with E-state index in [1.807, 2.05) is 0 Å². The van der Waals surface area contributed by atoms with Gasteiger partial charge in [-0.1, -0.05) is 13.3 Å². The molecule has 1 atom stereocenters. The van der Waals surface area contributed by atoms with E-state index in [0.717, 1.165) is 0 Å². The van der Waals surface area contributed by atoms with Crippen molar-refractivity contribution in [1.29, 1.82) is 0 Å². The Morgan fingerprint density at radius 3 is 1.77 bits per heavy atom. The molecule has 0 fully saturated rings. The van der Waals surface area contributed by atoms with Crippen molar-refractivity contribution in [2.45, 2.75) is 38.0 Å². The molecule has 0 aliphatic carbocycles. The lowest BCUT2D eigenvalue weighted by Gasteiger charge is -2.33. The van der Waals surface area contributed by atoms with Gasteiger partial charge in [0.2, 0.25) is 5.60 Å². The van der Waals surface area contributed by atoms with Crippen molar-refractivity contribution in [2.75, 3.05) is 7.11 Å². The predicted molar refractivity (Wildman–Crippen MR) is 36.7 cm³/mol. The molecule has 0 radical (unpaired) electrons. The minimum atomic E-state index is -5.04. The Morgan fingerprint density at radius 2 is 1.69 bits per heavy atom. The van der Waals surface area contributed by atoms with Gasteiger partial charge in [0.15, 0.2) is 0 Å². The molecule has 1 unspecified atom stereocenters. The van der Waals surface area contributed by atoms with Crippen LogP contribution in [0.2, 0.25) is 0 Å². The van der Waals surface area contributed by atoms with Gasteiger partial charge in [0.1, 0.15) is 0 Å². The van der Waals surface area contributed by atoms with Crippen LogP contribution in [0.1, 0.15) is 19.8 Å². The number of hydrogen-bond donors (Lipinski definition) is 0. The van der Waals surface area contributed by atoms with Crippen LogP contribution in [-0.2, 0) is 4.74 Å². The average molecular weight is 206 g/mol. The maximum atomic E-state index is 12.2. The van der Waals surface area contributed by atoms with Gasteiger partial charge < -0.3 is 4.74 Å². The Kier molecular flexibility index (Phi) is 4.09. The predicted octanol–water partition coefficient (Wildman–Crippen LogP) is 3.00. The van der Waals surface area contributed by atoms with E-state index in [0.29, 0.717) is 7.11 Å². The first-order valence-corrected chi connectivity index (χ1v) is 3.72. The number of alkyl halides is 5. The third-order valence-electron chi connectivity index (χ3n) is 1.82. The molecule has 0 rings (SSSR count). The van der Waals surface area contributed by atoms with E-state index in [1.54, 1.807) is 0 Å². The molecule has 6 heteroatoms. The van der Waals surface area contributed by atoms with E-state index >= 15 is 0 Å². The van der Waals surface area contributed by atoms with E-state index in [1.165, 1.54) is 6.92 Å². The normalized spacial score (nSPS) is 17.5. The van der Waals surface area contributed by atoms with Gasteiger partial charge in [0.25, 0.3) is 6.43 Å². The molecular formula is C7H11F5O. The molecule has 0 aromatic carbocycles. The standard InChI is InChI=1S/C7H11F5O/c1-3-4-6(13-2,5(8)9)7(10,11)12/h5H,3-4H2,1-2H3. The highest BCUT2D eigenvalue weighted by atomic mass is 19.4. The van der Waals surface area contributed by atoms with Crippen molar-refractivity contribution in [1.82, 2.24) is 0 Å². The first-order valence-electron chi connectivity index (χ1n) is 3.72. The Labute approximate surface area is 72.9 Å². The lowest BCUT2D eigenvalue weighted by atomic mass is 9.97. The minimum Gasteiger partial charge on any atom is -0.364 e. The summed E-state index contributed by atoms with van der Waals surface area (Å²) in [5.74, 6) is 0. The summed E-state index contributed by atoms with van der Waals surface area (Å²) in [4.78, 5) is 0. The van der Waals surface area contributed by atoms with E-state index in [9.17, 15) is 22.0 Å². The van der Waals surface area contributed by atoms with Crippen LogP contribution in [0.3, 0.4) is 0 Å². The summed E-state index contributed by atoms with van der Waals surface area (Å²) in [6, 6.07) is 0. The molecule has 0 saturated carbocycles. The molecule has 0 saturated heterocycles. The molecule has 0 aliphatic heterocycles. The molecule has 0 heterocycles. The molecule has 0 aromatic rings. The maximum Gasteiger partial charge on any atom is 0.423 e. The summed E-state index contributed by atoms with van der Waals surface area (Å²) < 4.78 is 64.9. The first kappa shape index (κ1) is 12.6. The fourth-order valence-corrected chi connectivity index (χ4v) is 1.05. The minimum absolute atomic E-state index is 0.0162.